The van der Waals surface area contributed by atoms with Gasteiger partial charge in [0.15, 0.2) is 0 Å². The number of aromatic nitrogens is 1. The predicted octanol–water partition coefficient (Wildman–Crippen LogP) is 4.77. The van der Waals surface area contributed by atoms with Crippen LogP contribution in [0.1, 0.15) is 40.7 Å². The first-order valence-electron chi connectivity index (χ1n) is 9.26. The van der Waals surface area contributed by atoms with Gasteiger partial charge in [-0.25, -0.2) is 4.98 Å². The molecule has 28 heavy (non-hydrogen) atoms. The molecule has 0 unspecified atom stereocenters. The second kappa shape index (κ2) is 8.95. The number of nitrogens with one attached hydrogen (secondary N) is 2. The van der Waals surface area contributed by atoms with Gasteiger partial charge in [-0.05, 0) is 54.8 Å². The van der Waals surface area contributed by atoms with Gasteiger partial charge in [0, 0.05) is 17.4 Å². The van der Waals surface area contributed by atoms with Crippen LogP contribution in [0.15, 0.2) is 72.9 Å². The van der Waals surface area contributed by atoms with Crippen LogP contribution in [0, 0.1) is 6.92 Å². The van der Waals surface area contributed by atoms with Crippen LogP contribution in [0.2, 0.25) is 0 Å². The van der Waals surface area contributed by atoms with Crippen molar-refractivity contribution in [2.75, 3.05) is 10.6 Å². The smallest absolute Gasteiger partial charge is 0.256 e. The summed E-state index contributed by atoms with van der Waals surface area (Å²) in [4.78, 5) is 29.4. The van der Waals surface area contributed by atoms with Gasteiger partial charge < -0.3 is 10.6 Å². The highest BCUT2D eigenvalue weighted by Gasteiger charge is 2.19. The van der Waals surface area contributed by atoms with Crippen molar-refractivity contribution >= 4 is 23.3 Å². The summed E-state index contributed by atoms with van der Waals surface area (Å²) in [5.74, 6) is -0.111. The van der Waals surface area contributed by atoms with Crippen LogP contribution in [0.25, 0.3) is 0 Å². The number of nitrogens with zero attached hydrogens (tertiary/aromatic N) is 1. The SMILES string of the molecule is CC[C@@H](C(=O)Nc1cccc(C(=O)Nc2cc(C)ccn2)c1)c1ccccc1. The second-order valence-corrected chi connectivity index (χ2v) is 6.61. The fraction of sp³-hybridized carbons (Fsp3) is 0.174. The molecule has 2 N–H and O–H groups in total. The van der Waals surface area contributed by atoms with E-state index >= 15 is 0 Å². The largest absolute Gasteiger partial charge is 0.326 e. The Morgan fingerprint density at radius 2 is 1.75 bits per heavy atom. The van der Waals surface area contributed by atoms with Crippen molar-refractivity contribution in [3.63, 3.8) is 0 Å². The van der Waals surface area contributed by atoms with Gasteiger partial charge in [-0.1, -0.05) is 43.3 Å². The molecule has 5 heteroatoms. The van der Waals surface area contributed by atoms with Crippen LogP contribution in [0.4, 0.5) is 11.5 Å². The van der Waals surface area contributed by atoms with Gasteiger partial charge in [0.25, 0.3) is 5.91 Å². The van der Waals surface area contributed by atoms with E-state index in [1.807, 2.05) is 50.2 Å². The first-order chi connectivity index (χ1) is 13.6. The minimum atomic E-state index is -0.274. The lowest BCUT2D eigenvalue weighted by Crippen LogP contribution is -2.21. The molecule has 0 aliphatic carbocycles. The lowest BCUT2D eigenvalue weighted by Gasteiger charge is -2.16. The second-order valence-electron chi connectivity index (χ2n) is 6.61. The molecule has 1 atom stereocenters. The Kier molecular flexibility index (Phi) is 6.17. The van der Waals surface area contributed by atoms with Gasteiger partial charge >= 0.3 is 0 Å². The summed E-state index contributed by atoms with van der Waals surface area (Å²) >= 11 is 0. The number of benzene rings is 2. The zero-order chi connectivity index (χ0) is 19.9. The maximum atomic E-state index is 12.7. The molecule has 2 amide bonds. The molecule has 3 aromatic rings. The Labute approximate surface area is 164 Å². The summed E-state index contributed by atoms with van der Waals surface area (Å²) in [5.41, 5.74) is 3.03. The number of hydrogen-bond donors (Lipinski definition) is 2. The first kappa shape index (κ1) is 19.3. The lowest BCUT2D eigenvalue weighted by atomic mass is 9.95. The summed E-state index contributed by atoms with van der Waals surface area (Å²) in [6.45, 7) is 3.92. The van der Waals surface area contributed by atoms with E-state index in [0.717, 1.165) is 11.1 Å². The molecule has 0 saturated heterocycles. The fourth-order valence-corrected chi connectivity index (χ4v) is 3.02. The third-order valence-corrected chi connectivity index (χ3v) is 4.48. The number of amides is 2. The van der Waals surface area contributed by atoms with Crippen LogP contribution < -0.4 is 10.6 Å². The molecule has 2 aromatic carbocycles. The summed E-state index contributed by atoms with van der Waals surface area (Å²) in [6.07, 6.45) is 2.34. The molecule has 3 rings (SSSR count). The average molecular weight is 373 g/mol. The van der Waals surface area contributed by atoms with Gasteiger partial charge in [-0.3, -0.25) is 9.59 Å². The molecule has 0 radical (unpaired) electrons. The summed E-state index contributed by atoms with van der Waals surface area (Å²) in [5, 5.41) is 5.70. The third-order valence-electron chi connectivity index (χ3n) is 4.48. The van der Waals surface area contributed by atoms with Crippen molar-refractivity contribution in [1.29, 1.82) is 0 Å². The van der Waals surface area contributed by atoms with Crippen LogP contribution in [0.5, 0.6) is 0 Å². The standard InChI is InChI=1S/C23H23N3O2/c1-3-20(17-8-5-4-6-9-17)23(28)25-19-11-7-10-18(15-19)22(27)26-21-14-16(2)12-13-24-21/h4-15,20H,3H2,1-2H3,(H,25,28)(H,24,26,27)/t20-/m1/s1. The van der Waals surface area contributed by atoms with E-state index in [1.165, 1.54) is 0 Å². The van der Waals surface area contributed by atoms with E-state index in [0.29, 0.717) is 23.5 Å². The number of carbonyl (C=O) groups excluding carboxylic acids is 2. The molecule has 0 bridgehead atoms. The van der Waals surface area contributed by atoms with Crippen molar-refractivity contribution in [2.24, 2.45) is 0 Å². The normalized spacial score (nSPS) is 11.5. The quantitative estimate of drug-likeness (QED) is 0.653. The van der Waals surface area contributed by atoms with Gasteiger partial charge in [0.05, 0.1) is 5.92 Å². The molecule has 0 aliphatic heterocycles. The highest BCUT2D eigenvalue weighted by molar-refractivity contribution is 6.05. The molecule has 5 nitrogen and oxygen atoms in total. The zero-order valence-electron chi connectivity index (χ0n) is 16.0. The molecule has 142 valence electrons. The van der Waals surface area contributed by atoms with Crippen molar-refractivity contribution in [2.45, 2.75) is 26.2 Å². The molecule has 0 spiro atoms. The molecule has 0 fully saturated rings. The Bertz CT molecular complexity index is 970. The zero-order valence-corrected chi connectivity index (χ0v) is 16.0. The molecule has 1 aromatic heterocycles. The first-order valence-corrected chi connectivity index (χ1v) is 9.26. The molecule has 1 heterocycles. The topological polar surface area (TPSA) is 71.1 Å². The number of pyridine rings is 1. The maximum absolute atomic E-state index is 12.7. The molecule has 0 aliphatic rings. The third kappa shape index (κ3) is 4.82. The Morgan fingerprint density at radius 3 is 2.46 bits per heavy atom. The molecular formula is C23H23N3O2. The van der Waals surface area contributed by atoms with E-state index in [2.05, 4.69) is 15.6 Å². The number of rotatable bonds is 6. The van der Waals surface area contributed by atoms with Gasteiger partial charge in [-0.2, -0.15) is 0 Å². The Balaban J connectivity index is 1.72. The molecular weight excluding hydrogens is 350 g/mol. The Morgan fingerprint density at radius 1 is 0.964 bits per heavy atom. The van der Waals surface area contributed by atoms with E-state index in [1.54, 1.807) is 36.5 Å². The minimum Gasteiger partial charge on any atom is -0.326 e. The highest BCUT2D eigenvalue weighted by atomic mass is 16.2. The van der Waals surface area contributed by atoms with Crippen LogP contribution in [-0.2, 0) is 4.79 Å². The van der Waals surface area contributed by atoms with E-state index < -0.39 is 0 Å². The van der Waals surface area contributed by atoms with Gasteiger partial charge in [-0.15, -0.1) is 0 Å². The van der Waals surface area contributed by atoms with Crippen LogP contribution in [0.3, 0.4) is 0 Å². The summed E-state index contributed by atoms with van der Waals surface area (Å²) in [6, 6.07) is 20.2. The predicted molar refractivity (Wildman–Crippen MR) is 111 cm³/mol. The maximum Gasteiger partial charge on any atom is 0.256 e. The van der Waals surface area contributed by atoms with E-state index in [-0.39, 0.29) is 17.7 Å². The average Bonchev–Trinajstić information content (AvgIpc) is 2.69. The highest BCUT2D eigenvalue weighted by Crippen LogP contribution is 2.22. The van der Waals surface area contributed by atoms with Gasteiger partial charge in [0.2, 0.25) is 5.91 Å². The number of anilines is 2. The number of hydrogen-bond acceptors (Lipinski definition) is 3. The van der Waals surface area contributed by atoms with Crippen molar-refractivity contribution in [3.05, 3.63) is 89.6 Å². The fourth-order valence-electron chi connectivity index (χ4n) is 3.02. The Hall–Kier alpha value is -3.47. The van der Waals surface area contributed by atoms with Gasteiger partial charge in [0.1, 0.15) is 5.82 Å². The van der Waals surface area contributed by atoms with E-state index in [9.17, 15) is 9.59 Å². The van der Waals surface area contributed by atoms with Crippen LogP contribution in [-0.4, -0.2) is 16.8 Å². The monoisotopic (exact) mass is 373 g/mol. The lowest BCUT2D eigenvalue weighted by molar-refractivity contribution is -0.117. The van der Waals surface area contributed by atoms with Crippen molar-refractivity contribution in [1.82, 2.24) is 4.98 Å². The van der Waals surface area contributed by atoms with Crippen LogP contribution >= 0.6 is 0 Å². The summed E-state index contributed by atoms with van der Waals surface area (Å²) in [7, 11) is 0. The van der Waals surface area contributed by atoms with E-state index in [4.69, 9.17) is 0 Å². The summed E-state index contributed by atoms with van der Waals surface area (Å²) < 4.78 is 0. The minimum absolute atomic E-state index is 0.0911. The number of carbonyl (C=O) groups is 2. The van der Waals surface area contributed by atoms with Crippen molar-refractivity contribution in [3.8, 4) is 0 Å². The molecule has 0 saturated carbocycles. The number of aryl methyl sites for hydroxylation is 1. The van der Waals surface area contributed by atoms with Crippen molar-refractivity contribution < 1.29 is 9.59 Å².